The molecule has 0 aromatic carbocycles. The molecule has 1 saturated heterocycles. The molecule has 0 saturated carbocycles. The van der Waals surface area contributed by atoms with Crippen molar-refractivity contribution in [3.8, 4) is 0 Å². The summed E-state index contributed by atoms with van der Waals surface area (Å²) in [5, 5.41) is 3.00. The van der Waals surface area contributed by atoms with Gasteiger partial charge in [-0.25, -0.2) is 0 Å². The van der Waals surface area contributed by atoms with Crippen LogP contribution in [0.25, 0.3) is 0 Å². The molecule has 4 heteroatoms. The lowest BCUT2D eigenvalue weighted by molar-refractivity contribution is -0.128. The number of nitrogens with one attached hydrogen (secondary N) is 1. The van der Waals surface area contributed by atoms with E-state index in [-0.39, 0.29) is 17.5 Å². The molecule has 1 fully saturated rings. The number of hydrogen-bond acceptors (Lipinski definition) is 3. The van der Waals surface area contributed by atoms with Crippen molar-refractivity contribution in [2.24, 2.45) is 5.73 Å². The van der Waals surface area contributed by atoms with Crippen LogP contribution in [0.2, 0.25) is 0 Å². The van der Waals surface area contributed by atoms with Crippen molar-refractivity contribution >= 4 is 5.91 Å². The second kappa shape index (κ2) is 4.94. The zero-order valence-electron chi connectivity index (χ0n) is 10.0. The lowest BCUT2D eigenvalue weighted by Gasteiger charge is -2.34. The number of nitrogens with zero attached hydrogens (tertiary/aromatic N) is 1. The summed E-state index contributed by atoms with van der Waals surface area (Å²) in [4.78, 5) is 14.1. The van der Waals surface area contributed by atoms with Gasteiger partial charge in [-0.15, -0.1) is 0 Å². The van der Waals surface area contributed by atoms with Gasteiger partial charge in [0.05, 0.1) is 6.04 Å². The van der Waals surface area contributed by atoms with Crippen LogP contribution in [0.5, 0.6) is 0 Å². The van der Waals surface area contributed by atoms with E-state index < -0.39 is 0 Å². The van der Waals surface area contributed by atoms with Gasteiger partial charge in [0, 0.05) is 12.1 Å². The normalized spacial score (nSPS) is 23.9. The highest BCUT2D eigenvalue weighted by atomic mass is 16.2. The van der Waals surface area contributed by atoms with E-state index in [1.54, 1.807) is 0 Å². The number of carbonyl (C=O) groups is 1. The van der Waals surface area contributed by atoms with Crippen LogP contribution in [0.3, 0.4) is 0 Å². The van der Waals surface area contributed by atoms with E-state index in [2.05, 4.69) is 10.2 Å². The van der Waals surface area contributed by atoms with Gasteiger partial charge in [-0.1, -0.05) is 6.42 Å². The van der Waals surface area contributed by atoms with Gasteiger partial charge in [0.1, 0.15) is 0 Å². The number of piperidine rings is 1. The molecule has 0 radical (unpaired) electrons. The molecule has 1 amide bonds. The Morgan fingerprint density at radius 1 is 1.53 bits per heavy atom. The van der Waals surface area contributed by atoms with Crippen LogP contribution in [0.1, 0.15) is 33.1 Å². The van der Waals surface area contributed by atoms with Crippen molar-refractivity contribution in [1.82, 2.24) is 10.2 Å². The van der Waals surface area contributed by atoms with E-state index in [4.69, 9.17) is 5.73 Å². The summed E-state index contributed by atoms with van der Waals surface area (Å²) in [7, 11) is 2.01. The Balaban J connectivity index is 2.52. The number of nitrogens with two attached hydrogens (primary N) is 1. The highest BCUT2D eigenvalue weighted by Crippen LogP contribution is 2.15. The molecule has 1 atom stereocenters. The first-order chi connectivity index (χ1) is 6.96. The summed E-state index contributed by atoms with van der Waals surface area (Å²) in [6, 6.07) is 0.0320. The van der Waals surface area contributed by atoms with Gasteiger partial charge < -0.3 is 11.1 Å². The van der Waals surface area contributed by atoms with Gasteiger partial charge in [-0.05, 0) is 40.3 Å². The highest BCUT2D eigenvalue weighted by Gasteiger charge is 2.29. The lowest BCUT2D eigenvalue weighted by Crippen LogP contribution is -2.56. The summed E-state index contributed by atoms with van der Waals surface area (Å²) in [5.41, 5.74) is 5.29. The van der Waals surface area contributed by atoms with Crippen molar-refractivity contribution < 1.29 is 4.79 Å². The zero-order valence-corrected chi connectivity index (χ0v) is 10.0. The van der Waals surface area contributed by atoms with Gasteiger partial charge >= 0.3 is 0 Å². The van der Waals surface area contributed by atoms with Crippen molar-refractivity contribution in [3.63, 3.8) is 0 Å². The van der Waals surface area contributed by atoms with Crippen LogP contribution in [0, 0.1) is 0 Å². The minimum Gasteiger partial charge on any atom is -0.349 e. The predicted molar refractivity (Wildman–Crippen MR) is 61.5 cm³/mol. The predicted octanol–water partition coefficient (Wildman–Crippen LogP) is 0.324. The molecular formula is C11H23N3O. The number of hydrogen-bond donors (Lipinski definition) is 2. The highest BCUT2D eigenvalue weighted by molar-refractivity contribution is 5.82. The minimum absolute atomic E-state index is 0.0320. The van der Waals surface area contributed by atoms with Gasteiger partial charge in [0.2, 0.25) is 5.91 Å². The van der Waals surface area contributed by atoms with E-state index in [1.807, 2.05) is 20.9 Å². The van der Waals surface area contributed by atoms with Crippen LogP contribution in [0.15, 0.2) is 0 Å². The first-order valence-corrected chi connectivity index (χ1v) is 5.68. The number of likely N-dealkylation sites (N-methyl/N-ethyl adjacent to an activating group) is 1. The summed E-state index contributed by atoms with van der Waals surface area (Å²) in [6.07, 6.45) is 3.30. The second-order valence-electron chi connectivity index (χ2n) is 5.07. The Morgan fingerprint density at radius 2 is 2.20 bits per heavy atom. The first-order valence-electron chi connectivity index (χ1n) is 5.68. The van der Waals surface area contributed by atoms with Gasteiger partial charge in [0.25, 0.3) is 0 Å². The Bertz CT molecular complexity index is 228. The standard InChI is InChI=1S/C11H23N3O/c1-11(2,8-12)13-10(15)9-6-4-5-7-14(9)3/h9H,4-8,12H2,1-3H3,(H,13,15). The molecule has 0 spiro atoms. The largest absolute Gasteiger partial charge is 0.349 e. The maximum Gasteiger partial charge on any atom is 0.237 e. The van der Waals surface area contributed by atoms with Crippen molar-refractivity contribution in [3.05, 3.63) is 0 Å². The maximum absolute atomic E-state index is 12.0. The number of carbonyl (C=O) groups excluding carboxylic acids is 1. The third-order valence-electron chi connectivity index (χ3n) is 3.04. The zero-order chi connectivity index (χ0) is 11.5. The summed E-state index contributed by atoms with van der Waals surface area (Å²) >= 11 is 0. The summed E-state index contributed by atoms with van der Waals surface area (Å²) < 4.78 is 0. The molecule has 1 aliphatic heterocycles. The van der Waals surface area contributed by atoms with Crippen molar-refractivity contribution in [1.29, 1.82) is 0 Å². The van der Waals surface area contributed by atoms with Gasteiger partial charge in [-0.3, -0.25) is 9.69 Å². The molecule has 0 bridgehead atoms. The first kappa shape index (κ1) is 12.5. The number of amides is 1. The molecule has 0 aliphatic carbocycles. The quantitative estimate of drug-likeness (QED) is 0.710. The maximum atomic E-state index is 12.0. The smallest absolute Gasteiger partial charge is 0.237 e. The average molecular weight is 213 g/mol. The fraction of sp³-hybridized carbons (Fsp3) is 0.909. The molecule has 88 valence electrons. The fourth-order valence-electron chi connectivity index (χ4n) is 1.87. The third kappa shape index (κ3) is 3.47. The number of likely N-dealkylation sites (tertiary alicyclic amines) is 1. The van der Waals surface area contributed by atoms with Crippen LogP contribution >= 0.6 is 0 Å². The Kier molecular flexibility index (Phi) is 4.11. The van der Waals surface area contributed by atoms with Crippen LogP contribution in [-0.2, 0) is 4.79 Å². The number of rotatable bonds is 3. The molecule has 15 heavy (non-hydrogen) atoms. The summed E-state index contributed by atoms with van der Waals surface area (Å²) in [5.74, 6) is 0.118. The molecule has 0 aromatic heterocycles. The molecule has 3 N–H and O–H groups in total. The average Bonchev–Trinajstić information content (AvgIpc) is 2.17. The SMILES string of the molecule is CN1CCCCC1C(=O)NC(C)(C)CN. The molecular weight excluding hydrogens is 190 g/mol. The monoisotopic (exact) mass is 213 g/mol. The molecule has 1 rings (SSSR count). The Morgan fingerprint density at radius 3 is 2.73 bits per heavy atom. The molecule has 0 aromatic rings. The van der Waals surface area contributed by atoms with E-state index in [0.29, 0.717) is 6.54 Å². The van der Waals surface area contributed by atoms with Crippen LogP contribution in [0.4, 0.5) is 0 Å². The van der Waals surface area contributed by atoms with Crippen LogP contribution < -0.4 is 11.1 Å². The third-order valence-corrected chi connectivity index (χ3v) is 3.04. The molecule has 4 nitrogen and oxygen atoms in total. The van der Waals surface area contributed by atoms with E-state index in [9.17, 15) is 4.79 Å². The minimum atomic E-state index is -0.296. The molecule has 1 unspecified atom stereocenters. The van der Waals surface area contributed by atoms with Crippen molar-refractivity contribution in [2.75, 3.05) is 20.1 Å². The van der Waals surface area contributed by atoms with Crippen LogP contribution in [-0.4, -0.2) is 42.5 Å². The second-order valence-corrected chi connectivity index (χ2v) is 5.07. The lowest BCUT2D eigenvalue weighted by atomic mass is 10.00. The Labute approximate surface area is 92.2 Å². The van der Waals surface area contributed by atoms with E-state index in [0.717, 1.165) is 19.4 Å². The van der Waals surface area contributed by atoms with Gasteiger partial charge in [-0.2, -0.15) is 0 Å². The van der Waals surface area contributed by atoms with E-state index in [1.165, 1.54) is 6.42 Å². The topological polar surface area (TPSA) is 58.4 Å². The van der Waals surface area contributed by atoms with Crippen molar-refractivity contribution in [2.45, 2.75) is 44.7 Å². The fourth-order valence-corrected chi connectivity index (χ4v) is 1.87. The van der Waals surface area contributed by atoms with E-state index >= 15 is 0 Å². The Hall–Kier alpha value is -0.610. The van der Waals surface area contributed by atoms with Gasteiger partial charge in [0.15, 0.2) is 0 Å². The summed E-state index contributed by atoms with van der Waals surface area (Å²) in [6.45, 7) is 5.39. The molecule has 1 heterocycles. The molecule has 1 aliphatic rings.